The lowest BCUT2D eigenvalue weighted by Crippen LogP contribution is -2.37. The van der Waals surface area contributed by atoms with E-state index in [1.165, 1.54) is 0 Å². The third-order valence-electron chi connectivity index (χ3n) is 4.69. The van der Waals surface area contributed by atoms with Gasteiger partial charge in [-0.25, -0.2) is 0 Å². The van der Waals surface area contributed by atoms with Crippen LogP contribution in [-0.4, -0.2) is 6.18 Å². The van der Waals surface area contributed by atoms with Gasteiger partial charge in [0, 0.05) is 5.41 Å². The second kappa shape index (κ2) is 4.26. The molecule has 2 saturated carbocycles. The van der Waals surface area contributed by atoms with Crippen molar-refractivity contribution in [3.63, 3.8) is 0 Å². The van der Waals surface area contributed by atoms with Gasteiger partial charge in [0.25, 0.3) is 0 Å². The van der Waals surface area contributed by atoms with E-state index >= 15 is 0 Å². The van der Waals surface area contributed by atoms with Crippen molar-refractivity contribution < 1.29 is 13.2 Å². The van der Waals surface area contributed by atoms with Crippen molar-refractivity contribution in [1.82, 2.24) is 0 Å². The highest BCUT2D eigenvalue weighted by atomic mass is 19.4. The number of aryl methyl sites for hydroxylation is 1. The molecular formula is C16H19F3. The summed E-state index contributed by atoms with van der Waals surface area (Å²) >= 11 is 0. The van der Waals surface area contributed by atoms with Crippen LogP contribution in [0, 0.1) is 18.8 Å². The van der Waals surface area contributed by atoms with Gasteiger partial charge < -0.3 is 0 Å². The molecule has 19 heavy (non-hydrogen) atoms. The monoisotopic (exact) mass is 268 g/mol. The Morgan fingerprint density at radius 2 is 1.42 bits per heavy atom. The minimum absolute atomic E-state index is 0.240. The molecule has 0 radical (unpaired) electrons. The van der Waals surface area contributed by atoms with Gasteiger partial charge >= 0.3 is 6.18 Å². The molecule has 3 rings (SSSR count). The van der Waals surface area contributed by atoms with E-state index in [2.05, 4.69) is 0 Å². The normalized spacial score (nSPS) is 20.6. The first-order valence-electron chi connectivity index (χ1n) is 7.06. The van der Waals surface area contributed by atoms with Crippen LogP contribution >= 0.6 is 0 Å². The average Bonchev–Trinajstić information content (AvgIpc) is 3.15. The first-order valence-corrected chi connectivity index (χ1v) is 7.06. The highest BCUT2D eigenvalue weighted by molar-refractivity contribution is 5.34. The van der Waals surface area contributed by atoms with Gasteiger partial charge in [-0.15, -0.1) is 0 Å². The molecule has 2 fully saturated rings. The van der Waals surface area contributed by atoms with E-state index in [9.17, 15) is 13.2 Å². The minimum Gasteiger partial charge on any atom is -0.171 e. The molecule has 104 valence electrons. The Labute approximate surface area is 112 Å². The molecule has 2 aliphatic carbocycles. The molecule has 0 unspecified atom stereocenters. The summed E-state index contributed by atoms with van der Waals surface area (Å²) in [7, 11) is 0. The highest BCUT2D eigenvalue weighted by Crippen LogP contribution is 2.62. The molecule has 0 amide bonds. The molecule has 0 bridgehead atoms. The lowest BCUT2D eigenvalue weighted by molar-refractivity contribution is -0.153. The molecule has 0 spiro atoms. The van der Waals surface area contributed by atoms with E-state index in [-0.39, 0.29) is 11.8 Å². The number of alkyl halides is 3. The maximum atomic E-state index is 13.1. The van der Waals surface area contributed by atoms with Crippen molar-refractivity contribution in [2.24, 2.45) is 11.8 Å². The predicted molar refractivity (Wildman–Crippen MR) is 69.0 cm³/mol. The van der Waals surface area contributed by atoms with Crippen molar-refractivity contribution in [2.45, 2.75) is 50.6 Å². The summed E-state index contributed by atoms with van der Waals surface area (Å²) < 4.78 is 39.3. The summed E-state index contributed by atoms with van der Waals surface area (Å²) in [5, 5.41) is 0. The second-order valence-electron chi connectivity index (χ2n) is 6.25. The van der Waals surface area contributed by atoms with Gasteiger partial charge in [-0.3, -0.25) is 0 Å². The highest BCUT2D eigenvalue weighted by Gasteiger charge is 2.58. The van der Waals surface area contributed by atoms with Gasteiger partial charge in [-0.2, -0.15) is 13.2 Å². The smallest absolute Gasteiger partial charge is 0.171 e. The summed E-state index contributed by atoms with van der Waals surface area (Å²) in [5.74, 6) is 0.480. The maximum absolute atomic E-state index is 13.1. The van der Waals surface area contributed by atoms with Gasteiger partial charge in [0.05, 0.1) is 6.42 Å². The van der Waals surface area contributed by atoms with Gasteiger partial charge in [-0.1, -0.05) is 29.8 Å². The molecule has 0 nitrogen and oxygen atoms in total. The number of rotatable bonds is 4. The van der Waals surface area contributed by atoms with E-state index in [1.807, 2.05) is 31.2 Å². The quantitative estimate of drug-likeness (QED) is 0.720. The van der Waals surface area contributed by atoms with E-state index in [4.69, 9.17) is 0 Å². The molecule has 0 aliphatic heterocycles. The Kier molecular flexibility index (Phi) is 2.91. The van der Waals surface area contributed by atoms with Crippen molar-refractivity contribution in [3.8, 4) is 0 Å². The maximum Gasteiger partial charge on any atom is 0.389 e. The predicted octanol–water partition coefficient (Wildman–Crippen LogP) is 5.01. The number of hydrogen-bond donors (Lipinski definition) is 0. The van der Waals surface area contributed by atoms with Gasteiger partial charge in [0.15, 0.2) is 0 Å². The zero-order valence-corrected chi connectivity index (χ0v) is 11.1. The first-order chi connectivity index (χ1) is 8.92. The van der Waals surface area contributed by atoms with Crippen LogP contribution in [0.4, 0.5) is 13.2 Å². The average molecular weight is 268 g/mol. The zero-order chi connectivity index (χ0) is 13.7. The Hall–Kier alpha value is -0.990. The third kappa shape index (κ3) is 2.52. The number of benzene rings is 1. The van der Waals surface area contributed by atoms with Gasteiger partial charge in [-0.05, 0) is 50.0 Å². The Morgan fingerprint density at radius 1 is 0.947 bits per heavy atom. The fourth-order valence-electron chi connectivity index (χ4n) is 3.59. The Morgan fingerprint density at radius 3 is 1.79 bits per heavy atom. The molecule has 0 saturated heterocycles. The first kappa shape index (κ1) is 13.0. The lowest BCUT2D eigenvalue weighted by atomic mass is 9.69. The molecule has 0 N–H and O–H groups in total. The molecular weight excluding hydrogens is 249 g/mol. The largest absolute Gasteiger partial charge is 0.389 e. The number of halogens is 3. The summed E-state index contributed by atoms with van der Waals surface area (Å²) in [5.41, 5.74) is 1.39. The van der Waals surface area contributed by atoms with Crippen molar-refractivity contribution >= 4 is 0 Å². The summed E-state index contributed by atoms with van der Waals surface area (Å²) in [6.45, 7) is 1.98. The molecule has 1 aromatic rings. The zero-order valence-electron chi connectivity index (χ0n) is 11.1. The van der Waals surface area contributed by atoms with Crippen molar-refractivity contribution in [3.05, 3.63) is 35.4 Å². The van der Waals surface area contributed by atoms with Crippen LogP contribution < -0.4 is 0 Å². The van der Waals surface area contributed by atoms with Crippen molar-refractivity contribution in [2.75, 3.05) is 0 Å². The van der Waals surface area contributed by atoms with Gasteiger partial charge in [0.1, 0.15) is 0 Å². The standard InChI is InChI=1S/C16H19F3/c1-11-2-4-12(5-3-11)15(13-6-7-13,14-8-9-14)10-16(17,18)19/h2-5,13-14H,6-10H2,1H3. The second-order valence-corrected chi connectivity index (χ2v) is 6.25. The molecule has 3 heteroatoms. The van der Waals surface area contributed by atoms with Crippen LogP contribution in [0.15, 0.2) is 24.3 Å². The molecule has 1 aromatic carbocycles. The fraction of sp³-hybridized carbons (Fsp3) is 0.625. The minimum atomic E-state index is -4.07. The van der Waals surface area contributed by atoms with E-state index < -0.39 is 18.0 Å². The van der Waals surface area contributed by atoms with Crippen molar-refractivity contribution in [1.29, 1.82) is 0 Å². The van der Waals surface area contributed by atoms with Crippen LogP contribution in [-0.2, 0) is 5.41 Å². The van der Waals surface area contributed by atoms with Crippen LogP contribution in [0.5, 0.6) is 0 Å². The third-order valence-corrected chi connectivity index (χ3v) is 4.69. The molecule has 0 atom stereocenters. The van der Waals surface area contributed by atoms with Crippen LogP contribution in [0.2, 0.25) is 0 Å². The van der Waals surface area contributed by atoms with E-state index in [1.54, 1.807) is 0 Å². The van der Waals surface area contributed by atoms with E-state index in [0.29, 0.717) is 0 Å². The van der Waals surface area contributed by atoms with Crippen LogP contribution in [0.1, 0.15) is 43.2 Å². The van der Waals surface area contributed by atoms with E-state index in [0.717, 1.165) is 36.8 Å². The summed E-state index contributed by atoms with van der Waals surface area (Å²) in [6, 6.07) is 7.76. The van der Waals surface area contributed by atoms with Crippen LogP contribution in [0.25, 0.3) is 0 Å². The number of hydrogen-bond acceptors (Lipinski definition) is 0. The topological polar surface area (TPSA) is 0 Å². The Bertz CT molecular complexity index is 438. The van der Waals surface area contributed by atoms with Crippen LogP contribution in [0.3, 0.4) is 0 Å². The molecule has 2 aliphatic rings. The Balaban J connectivity index is 2.01. The lowest BCUT2D eigenvalue weighted by Gasteiger charge is -2.36. The SMILES string of the molecule is Cc1ccc(C(CC(F)(F)F)(C2CC2)C2CC2)cc1. The summed E-state index contributed by atoms with van der Waals surface area (Å²) in [4.78, 5) is 0. The molecule has 0 aromatic heterocycles. The molecule has 0 heterocycles. The van der Waals surface area contributed by atoms with Gasteiger partial charge in [0.2, 0.25) is 0 Å². The summed E-state index contributed by atoms with van der Waals surface area (Å²) in [6.07, 6.45) is -0.879. The fourth-order valence-corrected chi connectivity index (χ4v) is 3.59.